The smallest absolute Gasteiger partial charge is 0.275 e. The van der Waals surface area contributed by atoms with Gasteiger partial charge in [-0.15, -0.1) is 0 Å². The second-order valence-corrected chi connectivity index (χ2v) is 8.63. The molecule has 0 unspecified atom stereocenters. The Morgan fingerprint density at radius 2 is 2.12 bits per heavy atom. The van der Waals surface area contributed by atoms with Crippen molar-refractivity contribution < 1.29 is 8.42 Å². The molecule has 0 spiro atoms. The van der Waals surface area contributed by atoms with Crippen LogP contribution < -0.4 is 5.56 Å². The highest BCUT2D eigenvalue weighted by atomic mass is 32.2. The molecule has 6 nitrogen and oxygen atoms in total. The van der Waals surface area contributed by atoms with E-state index in [1.165, 1.54) is 4.68 Å². The molecule has 0 N–H and O–H groups in total. The summed E-state index contributed by atoms with van der Waals surface area (Å²) in [5, 5.41) is 5.74. The van der Waals surface area contributed by atoms with Crippen LogP contribution in [-0.2, 0) is 16.5 Å². The lowest BCUT2D eigenvalue weighted by atomic mass is 10.2. The molecule has 1 aliphatic rings. The minimum Gasteiger partial charge on any atom is -0.280 e. The van der Waals surface area contributed by atoms with E-state index >= 15 is 0 Å². The zero-order valence-electron chi connectivity index (χ0n) is 13.9. The highest BCUT2D eigenvalue weighted by Gasteiger charge is 2.32. The summed E-state index contributed by atoms with van der Waals surface area (Å²) in [7, 11) is -2.95. The van der Waals surface area contributed by atoms with Gasteiger partial charge >= 0.3 is 0 Å². The maximum absolute atomic E-state index is 12.6. The van der Waals surface area contributed by atoms with Crippen LogP contribution in [-0.4, -0.2) is 47.2 Å². The zero-order valence-corrected chi connectivity index (χ0v) is 14.7. The van der Waals surface area contributed by atoms with E-state index < -0.39 is 9.84 Å². The van der Waals surface area contributed by atoms with E-state index in [1.54, 1.807) is 12.3 Å². The van der Waals surface area contributed by atoms with Gasteiger partial charge in [-0.25, -0.2) is 13.1 Å². The van der Waals surface area contributed by atoms with Crippen LogP contribution in [0.5, 0.6) is 0 Å². The fourth-order valence-corrected chi connectivity index (χ4v) is 4.96. The molecule has 2 aromatic rings. The Kier molecular flexibility index (Phi) is 5.01. The van der Waals surface area contributed by atoms with Crippen molar-refractivity contribution in [1.29, 1.82) is 0 Å². The largest absolute Gasteiger partial charge is 0.280 e. The summed E-state index contributed by atoms with van der Waals surface area (Å²) >= 11 is 0. The van der Waals surface area contributed by atoms with E-state index in [4.69, 9.17) is 0 Å². The second-order valence-electron chi connectivity index (χ2n) is 6.40. The molecule has 3 rings (SSSR count). The quantitative estimate of drug-likeness (QED) is 0.793. The number of benzene rings is 1. The van der Waals surface area contributed by atoms with Crippen LogP contribution in [0.3, 0.4) is 0 Å². The Morgan fingerprint density at radius 1 is 1.33 bits per heavy atom. The van der Waals surface area contributed by atoms with Crippen LogP contribution in [0.1, 0.15) is 26.2 Å². The van der Waals surface area contributed by atoms with Crippen molar-refractivity contribution in [2.45, 2.75) is 38.9 Å². The van der Waals surface area contributed by atoms with Crippen molar-refractivity contribution in [2.75, 3.05) is 18.1 Å². The fraction of sp³-hybridized carbons (Fsp3) is 0.529. The minimum absolute atomic E-state index is 0.0262. The van der Waals surface area contributed by atoms with Crippen LogP contribution in [0.2, 0.25) is 0 Å². The summed E-state index contributed by atoms with van der Waals surface area (Å²) in [5.74, 6) is 0.416. The number of hydrogen-bond donors (Lipinski definition) is 0. The summed E-state index contributed by atoms with van der Waals surface area (Å²) in [6.45, 7) is 3.21. The molecule has 0 aliphatic carbocycles. The third-order valence-electron chi connectivity index (χ3n) is 4.60. The van der Waals surface area contributed by atoms with Gasteiger partial charge < -0.3 is 0 Å². The van der Waals surface area contributed by atoms with Gasteiger partial charge in [0.25, 0.3) is 5.56 Å². The normalized spacial score (nSPS) is 20.0. The predicted octanol–water partition coefficient (Wildman–Crippen LogP) is 1.64. The molecule has 0 radical (unpaired) electrons. The van der Waals surface area contributed by atoms with Gasteiger partial charge in [-0.2, -0.15) is 5.10 Å². The molecule has 1 atom stereocenters. The van der Waals surface area contributed by atoms with Gasteiger partial charge in [0, 0.05) is 18.0 Å². The highest BCUT2D eigenvalue weighted by Crippen LogP contribution is 2.19. The monoisotopic (exact) mass is 349 g/mol. The molecule has 24 heavy (non-hydrogen) atoms. The number of hydrogen-bond acceptors (Lipinski definition) is 5. The van der Waals surface area contributed by atoms with E-state index in [2.05, 4.69) is 16.9 Å². The van der Waals surface area contributed by atoms with Crippen molar-refractivity contribution >= 4 is 20.6 Å². The second kappa shape index (κ2) is 7.03. The van der Waals surface area contributed by atoms with Gasteiger partial charge in [-0.05, 0) is 18.9 Å². The first-order chi connectivity index (χ1) is 11.5. The van der Waals surface area contributed by atoms with Crippen LogP contribution in [0, 0.1) is 0 Å². The summed E-state index contributed by atoms with van der Waals surface area (Å²) < 4.78 is 25.1. The Bertz CT molecular complexity index is 876. The highest BCUT2D eigenvalue weighted by molar-refractivity contribution is 7.91. The van der Waals surface area contributed by atoms with E-state index in [9.17, 15) is 13.2 Å². The SMILES string of the molecule is CCCCN(Cn1ncc2ccccc2c1=O)[C@@H]1CCS(=O)(=O)C1. The molecule has 7 heteroatoms. The van der Waals surface area contributed by atoms with Crippen molar-refractivity contribution in [3.8, 4) is 0 Å². The van der Waals surface area contributed by atoms with Gasteiger partial charge in [-0.3, -0.25) is 9.69 Å². The van der Waals surface area contributed by atoms with Crippen LogP contribution in [0.25, 0.3) is 10.8 Å². The van der Waals surface area contributed by atoms with E-state index in [0.717, 1.165) is 24.8 Å². The van der Waals surface area contributed by atoms with E-state index in [-0.39, 0.29) is 23.1 Å². The van der Waals surface area contributed by atoms with Crippen LogP contribution in [0.4, 0.5) is 0 Å². The molecule has 1 fully saturated rings. The first-order valence-corrected chi connectivity index (χ1v) is 10.2. The van der Waals surface area contributed by atoms with Crippen molar-refractivity contribution in [3.63, 3.8) is 0 Å². The third kappa shape index (κ3) is 3.67. The zero-order chi connectivity index (χ0) is 17.2. The summed E-state index contributed by atoms with van der Waals surface area (Å²) in [6, 6.07) is 7.36. The van der Waals surface area contributed by atoms with Gasteiger partial charge in [-0.1, -0.05) is 31.5 Å². The Morgan fingerprint density at radius 3 is 2.83 bits per heavy atom. The molecule has 1 aliphatic heterocycles. The summed E-state index contributed by atoms with van der Waals surface area (Å²) in [6.07, 6.45) is 4.32. The lowest BCUT2D eigenvalue weighted by Crippen LogP contribution is -2.41. The van der Waals surface area contributed by atoms with Crippen molar-refractivity contribution in [1.82, 2.24) is 14.7 Å². The number of unbranched alkanes of at least 4 members (excludes halogenated alkanes) is 1. The molecule has 130 valence electrons. The lowest BCUT2D eigenvalue weighted by Gasteiger charge is -2.28. The van der Waals surface area contributed by atoms with Gasteiger partial charge in [0.2, 0.25) is 0 Å². The molecule has 0 saturated carbocycles. The predicted molar refractivity (Wildman–Crippen MR) is 94.7 cm³/mol. The number of fused-ring (bicyclic) bond motifs is 1. The molecule has 0 bridgehead atoms. The minimum atomic E-state index is -2.95. The Hall–Kier alpha value is -1.73. The molecule has 1 aromatic carbocycles. The van der Waals surface area contributed by atoms with Crippen LogP contribution in [0.15, 0.2) is 35.3 Å². The van der Waals surface area contributed by atoms with Gasteiger partial charge in [0.1, 0.15) is 0 Å². The number of nitrogens with zero attached hydrogens (tertiary/aromatic N) is 3. The van der Waals surface area contributed by atoms with E-state index in [0.29, 0.717) is 18.5 Å². The van der Waals surface area contributed by atoms with Crippen molar-refractivity contribution in [2.24, 2.45) is 0 Å². The Labute approximate surface area is 142 Å². The average molecular weight is 349 g/mol. The lowest BCUT2D eigenvalue weighted by molar-refractivity contribution is 0.151. The molecule has 0 amide bonds. The van der Waals surface area contributed by atoms with E-state index in [1.807, 2.05) is 18.2 Å². The molecule has 2 heterocycles. The van der Waals surface area contributed by atoms with Crippen LogP contribution >= 0.6 is 0 Å². The standard InChI is InChI=1S/C17H23N3O3S/c1-2-3-9-19(15-8-10-24(22,23)12-15)13-20-17(21)16-7-5-4-6-14(16)11-18-20/h4-7,11,15H,2-3,8-10,12-13H2,1H3/t15-/m1/s1. The molecule has 1 aromatic heterocycles. The molecule has 1 saturated heterocycles. The molecular weight excluding hydrogens is 326 g/mol. The Balaban J connectivity index is 1.87. The summed E-state index contributed by atoms with van der Waals surface area (Å²) in [4.78, 5) is 14.7. The first-order valence-electron chi connectivity index (χ1n) is 8.39. The maximum Gasteiger partial charge on any atom is 0.275 e. The number of rotatable bonds is 6. The number of aromatic nitrogens is 2. The topological polar surface area (TPSA) is 72.3 Å². The maximum atomic E-state index is 12.6. The van der Waals surface area contributed by atoms with Gasteiger partial charge in [0.05, 0.1) is 29.8 Å². The average Bonchev–Trinajstić information content (AvgIpc) is 2.93. The fourth-order valence-electron chi connectivity index (χ4n) is 3.19. The third-order valence-corrected chi connectivity index (χ3v) is 6.35. The van der Waals surface area contributed by atoms with Gasteiger partial charge in [0.15, 0.2) is 9.84 Å². The van der Waals surface area contributed by atoms with Crippen molar-refractivity contribution in [3.05, 3.63) is 40.8 Å². The molecular formula is C17H23N3O3S. The summed E-state index contributed by atoms with van der Waals surface area (Å²) in [5.41, 5.74) is -0.129. The number of sulfone groups is 1. The first kappa shape index (κ1) is 17.1.